The highest BCUT2D eigenvalue weighted by Gasteiger charge is 2.13. The van der Waals surface area contributed by atoms with Gasteiger partial charge in [0.2, 0.25) is 0 Å². The number of carbonyl (C=O) groups excluding carboxylic acids is 1. The summed E-state index contributed by atoms with van der Waals surface area (Å²) in [5.74, 6) is -0.281. The minimum absolute atomic E-state index is 0.101. The number of rotatable bonds is 6. The molecule has 0 aliphatic carbocycles. The van der Waals surface area contributed by atoms with Gasteiger partial charge < -0.3 is 9.64 Å². The third-order valence-corrected chi connectivity index (χ3v) is 3.63. The van der Waals surface area contributed by atoms with Crippen molar-refractivity contribution in [2.75, 3.05) is 32.7 Å². The summed E-state index contributed by atoms with van der Waals surface area (Å²) in [6.45, 7) is 0.926. The Labute approximate surface area is 114 Å². The van der Waals surface area contributed by atoms with E-state index in [4.69, 9.17) is 4.74 Å². The Bertz CT molecular complexity index is 539. The molecule has 0 spiro atoms. The molecule has 0 heterocycles. The largest absolute Gasteiger partial charge is 0.465 e. The number of methoxy groups -OCH3 is 1. The Morgan fingerprint density at radius 1 is 1.32 bits per heavy atom. The lowest BCUT2D eigenvalue weighted by molar-refractivity contribution is 0.0598. The van der Waals surface area contributed by atoms with E-state index in [9.17, 15) is 13.2 Å². The molecule has 106 valence electrons. The van der Waals surface area contributed by atoms with Gasteiger partial charge in [0.1, 0.15) is 9.84 Å². The molecule has 0 saturated carbocycles. The summed E-state index contributed by atoms with van der Waals surface area (Å²) in [5.41, 5.74) is 1.33. The molecule has 5 nitrogen and oxygen atoms in total. The van der Waals surface area contributed by atoms with Gasteiger partial charge in [0.25, 0.3) is 0 Å². The van der Waals surface area contributed by atoms with Gasteiger partial charge in [0.15, 0.2) is 0 Å². The zero-order valence-electron chi connectivity index (χ0n) is 11.4. The van der Waals surface area contributed by atoms with E-state index in [1.807, 2.05) is 24.1 Å². The Kier molecular flexibility index (Phi) is 5.50. The van der Waals surface area contributed by atoms with Crippen molar-refractivity contribution in [1.29, 1.82) is 0 Å². The van der Waals surface area contributed by atoms with E-state index >= 15 is 0 Å². The van der Waals surface area contributed by atoms with Crippen LogP contribution in [0.2, 0.25) is 0 Å². The van der Waals surface area contributed by atoms with Crippen molar-refractivity contribution in [3.8, 4) is 0 Å². The van der Waals surface area contributed by atoms with Gasteiger partial charge in [-0.25, -0.2) is 13.2 Å². The molecule has 1 rings (SSSR count). The average molecular weight is 285 g/mol. The third kappa shape index (κ3) is 5.40. The average Bonchev–Trinajstić information content (AvgIpc) is 2.35. The number of esters is 1. The van der Waals surface area contributed by atoms with Gasteiger partial charge in [-0.1, -0.05) is 18.2 Å². The molecule has 0 amide bonds. The first-order chi connectivity index (χ1) is 8.83. The van der Waals surface area contributed by atoms with Gasteiger partial charge in [-0.3, -0.25) is 0 Å². The summed E-state index contributed by atoms with van der Waals surface area (Å²) >= 11 is 0. The van der Waals surface area contributed by atoms with Crippen LogP contribution in [0.3, 0.4) is 0 Å². The Hall–Kier alpha value is -1.40. The highest BCUT2D eigenvalue weighted by atomic mass is 32.2. The first kappa shape index (κ1) is 15.7. The maximum Gasteiger partial charge on any atom is 0.338 e. The third-order valence-electron chi connectivity index (χ3n) is 2.71. The lowest BCUT2D eigenvalue weighted by atomic mass is 10.1. The number of carbonyl (C=O) groups is 1. The maximum atomic E-state index is 11.6. The Morgan fingerprint density at radius 2 is 1.95 bits per heavy atom. The molecule has 0 N–H and O–H groups in total. The Balaban J connectivity index is 2.74. The van der Waals surface area contributed by atoms with E-state index < -0.39 is 9.84 Å². The second kappa shape index (κ2) is 6.68. The fraction of sp³-hybridized carbons (Fsp3) is 0.462. The van der Waals surface area contributed by atoms with Gasteiger partial charge >= 0.3 is 5.97 Å². The first-order valence-corrected chi connectivity index (χ1v) is 7.92. The van der Waals surface area contributed by atoms with Crippen LogP contribution in [-0.2, 0) is 21.1 Å². The highest BCUT2D eigenvalue weighted by Crippen LogP contribution is 2.12. The number of hydrogen-bond donors (Lipinski definition) is 0. The van der Waals surface area contributed by atoms with Crippen LogP contribution in [0.5, 0.6) is 0 Å². The van der Waals surface area contributed by atoms with Crippen LogP contribution >= 0.6 is 0 Å². The van der Waals surface area contributed by atoms with Crippen LogP contribution in [0.25, 0.3) is 0 Å². The smallest absolute Gasteiger partial charge is 0.338 e. The van der Waals surface area contributed by atoms with Crippen molar-refractivity contribution < 1.29 is 17.9 Å². The van der Waals surface area contributed by atoms with Crippen LogP contribution in [0, 0.1) is 0 Å². The predicted octanol–water partition coefficient (Wildman–Crippen LogP) is 0.950. The van der Waals surface area contributed by atoms with Crippen molar-refractivity contribution in [2.24, 2.45) is 0 Å². The summed E-state index contributed by atoms with van der Waals surface area (Å²) in [6.07, 6.45) is 1.21. The van der Waals surface area contributed by atoms with Crippen molar-refractivity contribution in [3.63, 3.8) is 0 Å². The standard InChI is InChI=1S/C13H19NO4S/c1-14(8-9-19(3,16)17)10-11-6-4-5-7-12(11)13(15)18-2/h4-7H,8-10H2,1-3H3. The number of hydrogen-bond acceptors (Lipinski definition) is 5. The molecule has 0 aliphatic heterocycles. The molecule has 6 heteroatoms. The molecule has 0 radical (unpaired) electrons. The second-order valence-electron chi connectivity index (χ2n) is 4.52. The summed E-state index contributed by atoms with van der Waals surface area (Å²) in [6, 6.07) is 7.15. The van der Waals surface area contributed by atoms with E-state index in [-0.39, 0.29) is 11.7 Å². The highest BCUT2D eigenvalue weighted by molar-refractivity contribution is 7.90. The lowest BCUT2D eigenvalue weighted by Gasteiger charge is -2.17. The monoisotopic (exact) mass is 285 g/mol. The minimum atomic E-state index is -2.98. The number of ether oxygens (including phenoxy) is 1. The zero-order valence-corrected chi connectivity index (χ0v) is 12.2. The molecular formula is C13H19NO4S. The normalized spacial score (nSPS) is 11.6. The SMILES string of the molecule is COC(=O)c1ccccc1CN(C)CCS(C)(=O)=O. The second-order valence-corrected chi connectivity index (χ2v) is 6.78. The topological polar surface area (TPSA) is 63.7 Å². The summed E-state index contributed by atoms with van der Waals surface area (Å²) < 4.78 is 26.9. The molecule has 0 saturated heterocycles. The van der Waals surface area contributed by atoms with E-state index in [0.29, 0.717) is 18.7 Å². The first-order valence-electron chi connectivity index (χ1n) is 5.86. The quantitative estimate of drug-likeness (QED) is 0.728. The van der Waals surface area contributed by atoms with E-state index in [1.54, 1.807) is 12.1 Å². The van der Waals surface area contributed by atoms with Gasteiger partial charge in [0.05, 0.1) is 18.4 Å². The summed E-state index contributed by atoms with van der Waals surface area (Å²) in [7, 11) is 0.183. The molecule has 0 aliphatic rings. The van der Waals surface area contributed by atoms with Crippen LogP contribution in [0.4, 0.5) is 0 Å². The number of benzene rings is 1. The predicted molar refractivity (Wildman–Crippen MR) is 73.8 cm³/mol. The molecule has 0 aromatic heterocycles. The van der Waals surface area contributed by atoms with Gasteiger partial charge in [0, 0.05) is 19.3 Å². The van der Waals surface area contributed by atoms with Gasteiger partial charge in [-0.05, 0) is 18.7 Å². The summed E-state index contributed by atoms with van der Waals surface area (Å²) in [4.78, 5) is 13.5. The van der Waals surface area contributed by atoms with Crippen LogP contribution in [0.1, 0.15) is 15.9 Å². The number of sulfone groups is 1. The van der Waals surface area contributed by atoms with Crippen molar-refractivity contribution in [3.05, 3.63) is 35.4 Å². The van der Waals surface area contributed by atoms with E-state index in [1.165, 1.54) is 13.4 Å². The van der Waals surface area contributed by atoms with Gasteiger partial charge in [-0.15, -0.1) is 0 Å². The van der Waals surface area contributed by atoms with Crippen molar-refractivity contribution in [1.82, 2.24) is 4.90 Å². The van der Waals surface area contributed by atoms with Gasteiger partial charge in [-0.2, -0.15) is 0 Å². The molecule has 19 heavy (non-hydrogen) atoms. The maximum absolute atomic E-state index is 11.6. The van der Waals surface area contributed by atoms with Crippen molar-refractivity contribution in [2.45, 2.75) is 6.54 Å². The van der Waals surface area contributed by atoms with Crippen LogP contribution < -0.4 is 0 Å². The number of nitrogens with zero attached hydrogens (tertiary/aromatic N) is 1. The van der Waals surface area contributed by atoms with E-state index in [2.05, 4.69) is 0 Å². The summed E-state index contributed by atoms with van der Waals surface area (Å²) in [5, 5.41) is 0. The minimum Gasteiger partial charge on any atom is -0.465 e. The zero-order chi connectivity index (χ0) is 14.5. The molecule has 0 fully saturated rings. The van der Waals surface area contributed by atoms with E-state index in [0.717, 1.165) is 5.56 Å². The molecular weight excluding hydrogens is 266 g/mol. The van der Waals surface area contributed by atoms with Crippen molar-refractivity contribution >= 4 is 15.8 Å². The van der Waals surface area contributed by atoms with Crippen LogP contribution in [0.15, 0.2) is 24.3 Å². The molecule has 0 atom stereocenters. The lowest BCUT2D eigenvalue weighted by Crippen LogP contribution is -2.25. The molecule has 1 aromatic rings. The molecule has 1 aromatic carbocycles. The molecule has 0 bridgehead atoms. The molecule has 0 unspecified atom stereocenters. The fourth-order valence-corrected chi connectivity index (χ4v) is 2.30. The van der Waals surface area contributed by atoms with Crippen LogP contribution in [-0.4, -0.2) is 52.0 Å². The fourth-order valence-electron chi connectivity index (χ4n) is 1.66. The Morgan fingerprint density at radius 3 is 2.53 bits per heavy atom.